The summed E-state index contributed by atoms with van der Waals surface area (Å²) in [6.07, 6.45) is 1.90. The number of pyridine rings is 1. The molecule has 0 unspecified atom stereocenters. The molecular formula is C45H29N5. The van der Waals surface area contributed by atoms with Crippen LogP contribution in [0.4, 0.5) is 0 Å². The highest BCUT2D eigenvalue weighted by Gasteiger charge is 2.19. The largest absolute Gasteiger partial charge is 0.309 e. The lowest BCUT2D eigenvalue weighted by Gasteiger charge is -2.11. The van der Waals surface area contributed by atoms with Crippen molar-refractivity contribution in [3.63, 3.8) is 0 Å². The van der Waals surface area contributed by atoms with Gasteiger partial charge in [-0.1, -0.05) is 115 Å². The van der Waals surface area contributed by atoms with Crippen molar-refractivity contribution in [3.05, 3.63) is 176 Å². The minimum absolute atomic E-state index is 0.639. The van der Waals surface area contributed by atoms with Crippen LogP contribution in [0.3, 0.4) is 0 Å². The first-order chi connectivity index (χ1) is 24.8. The number of benzene rings is 6. The second-order valence-corrected chi connectivity index (χ2v) is 12.5. The molecule has 6 aromatic carbocycles. The molecule has 0 bridgehead atoms. The zero-order chi connectivity index (χ0) is 33.0. The van der Waals surface area contributed by atoms with E-state index in [9.17, 15) is 0 Å². The summed E-state index contributed by atoms with van der Waals surface area (Å²) in [5.41, 5.74) is 10.4. The van der Waals surface area contributed by atoms with Crippen molar-refractivity contribution in [2.24, 2.45) is 0 Å². The van der Waals surface area contributed by atoms with Gasteiger partial charge in [0, 0.05) is 50.1 Å². The van der Waals surface area contributed by atoms with Gasteiger partial charge in [0.1, 0.15) is 5.82 Å². The molecule has 10 rings (SSSR count). The molecule has 0 spiro atoms. The van der Waals surface area contributed by atoms with Crippen LogP contribution in [0.2, 0.25) is 0 Å². The molecule has 0 atom stereocenters. The van der Waals surface area contributed by atoms with Crippen molar-refractivity contribution < 1.29 is 0 Å². The van der Waals surface area contributed by atoms with E-state index >= 15 is 0 Å². The van der Waals surface area contributed by atoms with Crippen LogP contribution < -0.4 is 0 Å². The average Bonchev–Trinajstić information content (AvgIpc) is 3.70. The Balaban J connectivity index is 1.17. The van der Waals surface area contributed by atoms with Crippen molar-refractivity contribution in [2.75, 3.05) is 0 Å². The average molecular weight is 640 g/mol. The first-order valence-corrected chi connectivity index (χ1v) is 16.8. The summed E-state index contributed by atoms with van der Waals surface area (Å²) >= 11 is 0. The predicted octanol–water partition coefficient (Wildman–Crippen LogP) is 11.1. The maximum absolute atomic E-state index is 5.08. The molecule has 5 nitrogen and oxygen atoms in total. The van der Waals surface area contributed by atoms with E-state index in [2.05, 4.69) is 143 Å². The Morgan fingerprint density at radius 1 is 0.360 bits per heavy atom. The van der Waals surface area contributed by atoms with E-state index in [-0.39, 0.29) is 0 Å². The fraction of sp³-hybridized carbons (Fsp3) is 0. The molecule has 4 heterocycles. The summed E-state index contributed by atoms with van der Waals surface area (Å²) in [5, 5.41) is 4.85. The summed E-state index contributed by atoms with van der Waals surface area (Å²) in [4.78, 5) is 15.1. The SMILES string of the molecule is c1ccc(-c2cc(-c3ccccc3)nc(-c3ccc(-n4c5ccccc5c5cc6c7ccccc7n(-c7ccccc7)c6cc54)nc3)n2)cc1. The summed E-state index contributed by atoms with van der Waals surface area (Å²) in [5.74, 6) is 1.48. The zero-order valence-corrected chi connectivity index (χ0v) is 27.0. The standard InChI is InChI=1S/C45H29N5/c1-4-14-30(15-5-1)38-27-39(31-16-6-2-7-17-31)48-45(47-38)32-24-25-44(46-29-32)50-41-23-13-11-21-35(41)37-26-36-34-20-10-12-22-40(34)49(42(36)28-43(37)50)33-18-8-3-9-19-33/h1-29H. The van der Waals surface area contributed by atoms with Gasteiger partial charge in [-0.25, -0.2) is 15.0 Å². The number of rotatable bonds is 5. The monoisotopic (exact) mass is 639 g/mol. The van der Waals surface area contributed by atoms with Crippen molar-refractivity contribution in [1.82, 2.24) is 24.1 Å². The molecule has 0 aliphatic heterocycles. The molecular weight excluding hydrogens is 611 g/mol. The van der Waals surface area contributed by atoms with Crippen LogP contribution in [0, 0.1) is 0 Å². The molecule has 0 fully saturated rings. The van der Waals surface area contributed by atoms with Crippen molar-refractivity contribution in [1.29, 1.82) is 0 Å². The third-order valence-electron chi connectivity index (χ3n) is 9.58. The van der Waals surface area contributed by atoms with E-state index in [4.69, 9.17) is 15.0 Å². The third-order valence-corrected chi connectivity index (χ3v) is 9.58. The van der Waals surface area contributed by atoms with E-state index in [1.165, 1.54) is 27.1 Å². The van der Waals surface area contributed by atoms with E-state index in [1.54, 1.807) is 0 Å². The lowest BCUT2D eigenvalue weighted by Crippen LogP contribution is -2.00. The van der Waals surface area contributed by atoms with Gasteiger partial charge in [-0.15, -0.1) is 0 Å². The van der Waals surface area contributed by atoms with Crippen LogP contribution in [0.25, 0.3) is 89.0 Å². The Bertz CT molecular complexity index is 2780. The highest BCUT2D eigenvalue weighted by Crippen LogP contribution is 2.39. The fourth-order valence-corrected chi connectivity index (χ4v) is 7.27. The van der Waals surface area contributed by atoms with Gasteiger partial charge >= 0.3 is 0 Å². The van der Waals surface area contributed by atoms with Crippen LogP contribution in [0.15, 0.2) is 176 Å². The normalized spacial score (nSPS) is 11.6. The molecule has 5 heteroatoms. The van der Waals surface area contributed by atoms with E-state index < -0.39 is 0 Å². The van der Waals surface area contributed by atoms with Crippen molar-refractivity contribution in [3.8, 4) is 45.4 Å². The summed E-state index contributed by atoms with van der Waals surface area (Å²) in [6.45, 7) is 0. The molecule has 50 heavy (non-hydrogen) atoms. The molecule has 10 aromatic rings. The summed E-state index contributed by atoms with van der Waals surface area (Å²) in [6, 6.07) is 59.3. The Labute approximate surface area is 288 Å². The van der Waals surface area contributed by atoms with Crippen LogP contribution in [-0.2, 0) is 0 Å². The van der Waals surface area contributed by atoms with E-state index in [0.717, 1.165) is 56.1 Å². The minimum atomic E-state index is 0.639. The van der Waals surface area contributed by atoms with Crippen LogP contribution in [-0.4, -0.2) is 24.1 Å². The van der Waals surface area contributed by atoms with Gasteiger partial charge in [0.2, 0.25) is 0 Å². The van der Waals surface area contributed by atoms with Gasteiger partial charge in [-0.3, -0.25) is 4.57 Å². The molecule has 4 aromatic heterocycles. The van der Waals surface area contributed by atoms with Gasteiger partial charge in [0.05, 0.1) is 33.5 Å². The molecule has 234 valence electrons. The van der Waals surface area contributed by atoms with Crippen molar-refractivity contribution in [2.45, 2.75) is 0 Å². The number of para-hydroxylation sites is 3. The number of fused-ring (bicyclic) bond motifs is 6. The Morgan fingerprint density at radius 3 is 1.46 bits per heavy atom. The summed E-state index contributed by atoms with van der Waals surface area (Å²) in [7, 11) is 0. The summed E-state index contributed by atoms with van der Waals surface area (Å²) < 4.78 is 4.64. The zero-order valence-electron chi connectivity index (χ0n) is 27.0. The van der Waals surface area contributed by atoms with Gasteiger partial charge in [0.15, 0.2) is 5.82 Å². The quantitative estimate of drug-likeness (QED) is 0.188. The van der Waals surface area contributed by atoms with E-state index in [0.29, 0.717) is 5.82 Å². The minimum Gasteiger partial charge on any atom is -0.309 e. The number of aromatic nitrogens is 5. The molecule has 0 N–H and O–H groups in total. The molecule has 0 aliphatic rings. The Kier molecular flexibility index (Phi) is 6.42. The first-order valence-electron chi connectivity index (χ1n) is 16.8. The lowest BCUT2D eigenvalue weighted by atomic mass is 10.1. The Hall–Kier alpha value is -6.85. The molecule has 0 saturated heterocycles. The van der Waals surface area contributed by atoms with Gasteiger partial charge in [-0.05, 0) is 54.6 Å². The Morgan fingerprint density at radius 2 is 0.880 bits per heavy atom. The third kappa shape index (κ3) is 4.52. The van der Waals surface area contributed by atoms with Gasteiger partial charge < -0.3 is 4.57 Å². The smallest absolute Gasteiger partial charge is 0.161 e. The van der Waals surface area contributed by atoms with Crippen molar-refractivity contribution >= 4 is 43.6 Å². The molecule has 0 amide bonds. The number of hydrogen-bond donors (Lipinski definition) is 0. The molecule has 0 saturated carbocycles. The molecule has 0 aliphatic carbocycles. The lowest BCUT2D eigenvalue weighted by molar-refractivity contribution is 1.07. The predicted molar refractivity (Wildman–Crippen MR) is 205 cm³/mol. The molecule has 0 radical (unpaired) electrons. The highest BCUT2D eigenvalue weighted by atomic mass is 15.1. The second kappa shape index (κ2) is 11.4. The fourth-order valence-electron chi connectivity index (χ4n) is 7.27. The number of hydrogen-bond acceptors (Lipinski definition) is 3. The van der Waals surface area contributed by atoms with Gasteiger partial charge in [-0.2, -0.15) is 0 Å². The maximum atomic E-state index is 5.08. The first kappa shape index (κ1) is 28.2. The van der Waals surface area contributed by atoms with Crippen LogP contribution in [0.5, 0.6) is 0 Å². The van der Waals surface area contributed by atoms with Crippen LogP contribution in [0.1, 0.15) is 0 Å². The maximum Gasteiger partial charge on any atom is 0.161 e. The highest BCUT2D eigenvalue weighted by molar-refractivity contribution is 6.19. The van der Waals surface area contributed by atoms with Gasteiger partial charge in [0.25, 0.3) is 0 Å². The number of nitrogens with zero attached hydrogens (tertiary/aromatic N) is 5. The van der Waals surface area contributed by atoms with E-state index in [1.807, 2.05) is 42.6 Å². The second-order valence-electron chi connectivity index (χ2n) is 12.5. The van der Waals surface area contributed by atoms with Crippen LogP contribution >= 0.6 is 0 Å². The topological polar surface area (TPSA) is 48.5 Å².